The van der Waals surface area contributed by atoms with Gasteiger partial charge in [-0.05, 0) is 49.2 Å². The molecular formula is C21H20FN3O2. The van der Waals surface area contributed by atoms with Gasteiger partial charge in [-0.25, -0.2) is 4.39 Å². The van der Waals surface area contributed by atoms with Crippen LogP contribution >= 0.6 is 0 Å². The number of benzene rings is 2. The predicted molar refractivity (Wildman–Crippen MR) is 102 cm³/mol. The van der Waals surface area contributed by atoms with Gasteiger partial charge in [0.15, 0.2) is 0 Å². The van der Waals surface area contributed by atoms with Crippen LogP contribution in [-0.2, 0) is 11.2 Å². The minimum atomic E-state index is -0.566. The van der Waals surface area contributed by atoms with Crippen LogP contribution < -0.4 is 10.6 Å². The van der Waals surface area contributed by atoms with Crippen LogP contribution in [0.25, 0.3) is 11.0 Å². The quantitative estimate of drug-likeness (QED) is 0.651. The maximum Gasteiger partial charge on any atom is 0.224 e. The number of aryl methyl sites for hydroxylation is 2. The Kier molecular flexibility index (Phi) is 5.41. The van der Waals surface area contributed by atoms with Crippen molar-refractivity contribution in [1.82, 2.24) is 5.32 Å². The lowest BCUT2D eigenvalue weighted by Gasteiger charge is -2.09. The van der Waals surface area contributed by atoms with Gasteiger partial charge in [0.2, 0.25) is 5.91 Å². The number of furan rings is 1. The van der Waals surface area contributed by atoms with E-state index >= 15 is 0 Å². The summed E-state index contributed by atoms with van der Waals surface area (Å²) in [6.07, 6.45) is 1.84. The Bertz CT molecular complexity index is 1030. The fraction of sp³-hybridized carbons (Fsp3) is 0.238. The van der Waals surface area contributed by atoms with Crippen LogP contribution in [0.15, 0.2) is 41.0 Å². The van der Waals surface area contributed by atoms with Gasteiger partial charge in [0.05, 0.1) is 18.4 Å². The summed E-state index contributed by atoms with van der Waals surface area (Å²) in [4.78, 5) is 12.2. The molecular weight excluding hydrogens is 345 g/mol. The molecule has 27 heavy (non-hydrogen) atoms. The zero-order valence-electron chi connectivity index (χ0n) is 15.2. The van der Waals surface area contributed by atoms with Gasteiger partial charge in [-0.15, -0.1) is 0 Å². The number of halogens is 1. The van der Waals surface area contributed by atoms with Gasteiger partial charge in [0.1, 0.15) is 23.0 Å². The molecule has 2 aromatic carbocycles. The molecule has 3 aromatic rings. The van der Waals surface area contributed by atoms with Gasteiger partial charge < -0.3 is 15.1 Å². The molecule has 0 atom stereocenters. The predicted octanol–water partition coefficient (Wildman–Crippen LogP) is 3.83. The van der Waals surface area contributed by atoms with E-state index in [0.717, 1.165) is 27.7 Å². The molecule has 138 valence electrons. The van der Waals surface area contributed by atoms with Crippen LogP contribution in [0, 0.1) is 31.0 Å². The Morgan fingerprint density at radius 1 is 1.22 bits per heavy atom. The summed E-state index contributed by atoms with van der Waals surface area (Å²) < 4.78 is 19.1. The van der Waals surface area contributed by atoms with Crippen molar-refractivity contribution in [1.29, 1.82) is 5.26 Å². The highest BCUT2D eigenvalue weighted by molar-refractivity contribution is 5.88. The van der Waals surface area contributed by atoms with E-state index in [0.29, 0.717) is 18.8 Å². The second-order valence-electron chi connectivity index (χ2n) is 6.42. The lowest BCUT2D eigenvalue weighted by Crippen LogP contribution is -2.30. The molecule has 6 heteroatoms. The molecule has 0 saturated heterocycles. The number of carbonyl (C=O) groups excluding carboxylic acids is 1. The van der Waals surface area contributed by atoms with Crippen LogP contribution in [0.1, 0.15) is 22.3 Å². The summed E-state index contributed by atoms with van der Waals surface area (Å²) >= 11 is 0. The molecule has 3 rings (SSSR count). The van der Waals surface area contributed by atoms with Gasteiger partial charge in [0.25, 0.3) is 0 Å². The molecule has 1 aromatic heterocycles. The largest absolute Gasteiger partial charge is 0.464 e. The molecule has 1 heterocycles. The Balaban J connectivity index is 1.55. The Hall–Kier alpha value is -3.33. The zero-order valence-corrected chi connectivity index (χ0v) is 15.2. The van der Waals surface area contributed by atoms with Crippen LogP contribution in [-0.4, -0.2) is 19.0 Å². The van der Waals surface area contributed by atoms with Crippen molar-refractivity contribution in [3.63, 3.8) is 0 Å². The Morgan fingerprint density at radius 2 is 2.00 bits per heavy atom. The normalized spacial score (nSPS) is 10.6. The van der Waals surface area contributed by atoms with E-state index in [-0.39, 0.29) is 17.9 Å². The van der Waals surface area contributed by atoms with E-state index in [2.05, 4.69) is 10.6 Å². The van der Waals surface area contributed by atoms with E-state index in [1.807, 2.05) is 32.0 Å². The van der Waals surface area contributed by atoms with Crippen molar-refractivity contribution < 1.29 is 13.6 Å². The van der Waals surface area contributed by atoms with Crippen molar-refractivity contribution in [3.8, 4) is 6.07 Å². The number of fused-ring (bicyclic) bond motifs is 1. The highest BCUT2D eigenvalue weighted by Crippen LogP contribution is 2.25. The van der Waals surface area contributed by atoms with Gasteiger partial charge >= 0.3 is 0 Å². The van der Waals surface area contributed by atoms with Crippen LogP contribution in [0.3, 0.4) is 0 Å². The van der Waals surface area contributed by atoms with E-state index in [9.17, 15) is 9.18 Å². The van der Waals surface area contributed by atoms with Crippen molar-refractivity contribution in [3.05, 3.63) is 64.7 Å². The van der Waals surface area contributed by atoms with E-state index < -0.39 is 5.82 Å². The number of rotatable bonds is 6. The second kappa shape index (κ2) is 7.92. The van der Waals surface area contributed by atoms with E-state index in [1.165, 1.54) is 12.1 Å². The fourth-order valence-electron chi connectivity index (χ4n) is 2.89. The number of hydrogen-bond acceptors (Lipinski definition) is 4. The lowest BCUT2D eigenvalue weighted by molar-refractivity contribution is -0.120. The summed E-state index contributed by atoms with van der Waals surface area (Å²) in [5.41, 5.74) is 4.30. The van der Waals surface area contributed by atoms with Crippen molar-refractivity contribution in [2.24, 2.45) is 0 Å². The minimum Gasteiger partial charge on any atom is -0.464 e. The number of anilines is 1. The first-order chi connectivity index (χ1) is 13.0. The monoisotopic (exact) mass is 365 g/mol. The van der Waals surface area contributed by atoms with Crippen LogP contribution in [0.2, 0.25) is 0 Å². The summed E-state index contributed by atoms with van der Waals surface area (Å²) in [5, 5.41) is 15.7. The first-order valence-corrected chi connectivity index (χ1v) is 8.66. The number of nitriles is 1. The molecule has 0 aliphatic rings. The highest BCUT2D eigenvalue weighted by Gasteiger charge is 2.12. The number of nitrogens with zero attached hydrogens (tertiary/aromatic N) is 1. The molecule has 0 fully saturated rings. The third-order valence-electron chi connectivity index (χ3n) is 4.51. The average Bonchev–Trinajstić information content (AvgIpc) is 3.01. The van der Waals surface area contributed by atoms with Gasteiger partial charge in [0, 0.05) is 24.0 Å². The van der Waals surface area contributed by atoms with E-state index in [4.69, 9.17) is 9.68 Å². The van der Waals surface area contributed by atoms with E-state index in [1.54, 1.807) is 12.3 Å². The Labute approximate surface area is 156 Å². The average molecular weight is 365 g/mol. The van der Waals surface area contributed by atoms with Crippen molar-refractivity contribution in [2.75, 3.05) is 18.4 Å². The first kappa shape index (κ1) is 18.5. The second-order valence-corrected chi connectivity index (χ2v) is 6.42. The molecule has 0 aliphatic carbocycles. The molecule has 1 amide bonds. The lowest BCUT2D eigenvalue weighted by atomic mass is 10.0. The number of carbonyl (C=O) groups is 1. The molecule has 5 nitrogen and oxygen atoms in total. The molecule has 0 unspecified atom stereocenters. The van der Waals surface area contributed by atoms with Gasteiger partial charge in [-0.3, -0.25) is 4.79 Å². The third kappa shape index (κ3) is 4.09. The Morgan fingerprint density at radius 3 is 2.78 bits per heavy atom. The molecule has 0 saturated carbocycles. The third-order valence-corrected chi connectivity index (χ3v) is 4.51. The highest BCUT2D eigenvalue weighted by atomic mass is 19.1. The summed E-state index contributed by atoms with van der Waals surface area (Å²) in [7, 11) is 0. The number of hydrogen-bond donors (Lipinski definition) is 2. The standard InChI is InChI=1S/C21H20FN3O2/c1-13-8-16-15(12-27-20(16)9-14(13)2)10-21(26)25-7-6-24-19-5-3-4-18(22)17(19)11-23/h3-5,8-9,12,24H,6-7,10H2,1-2H3,(H,25,26). The topological polar surface area (TPSA) is 78.1 Å². The van der Waals surface area contributed by atoms with Crippen molar-refractivity contribution >= 4 is 22.6 Å². The van der Waals surface area contributed by atoms with Gasteiger partial charge in [-0.1, -0.05) is 6.07 Å². The zero-order chi connectivity index (χ0) is 19.4. The fourth-order valence-corrected chi connectivity index (χ4v) is 2.89. The molecule has 0 bridgehead atoms. The number of amides is 1. The summed E-state index contributed by atoms with van der Waals surface area (Å²) in [5.74, 6) is -0.693. The summed E-state index contributed by atoms with van der Waals surface area (Å²) in [6.45, 7) is 4.79. The molecule has 2 N–H and O–H groups in total. The smallest absolute Gasteiger partial charge is 0.224 e. The molecule has 0 aliphatic heterocycles. The number of nitrogens with one attached hydrogen (secondary N) is 2. The maximum absolute atomic E-state index is 13.5. The minimum absolute atomic E-state index is 0.0284. The van der Waals surface area contributed by atoms with Crippen LogP contribution in [0.4, 0.5) is 10.1 Å². The SMILES string of the molecule is Cc1cc2occ(CC(=O)NCCNc3cccc(F)c3C#N)c2cc1C. The molecule has 0 radical (unpaired) electrons. The van der Waals surface area contributed by atoms with Crippen molar-refractivity contribution in [2.45, 2.75) is 20.3 Å². The van der Waals surface area contributed by atoms with Gasteiger partial charge in [-0.2, -0.15) is 5.26 Å². The van der Waals surface area contributed by atoms with Crippen LogP contribution in [0.5, 0.6) is 0 Å². The maximum atomic E-state index is 13.5. The first-order valence-electron chi connectivity index (χ1n) is 8.66. The summed E-state index contributed by atoms with van der Waals surface area (Å²) in [6, 6.07) is 10.2. The molecule has 0 spiro atoms.